The van der Waals surface area contributed by atoms with Crippen LogP contribution < -0.4 is 9.80 Å². The minimum absolute atomic E-state index is 1.10. The van der Waals surface area contributed by atoms with Gasteiger partial charge in [-0.3, -0.25) is 0 Å². The fraction of sp³-hybridized carbons (Fsp3) is 0. The minimum Gasteiger partial charge on any atom is -0.310 e. The Bertz CT molecular complexity index is 3990. The Morgan fingerprint density at radius 2 is 0.761 bits per heavy atom. The Labute approximate surface area is 389 Å². The van der Waals surface area contributed by atoms with Gasteiger partial charge in [0.05, 0.1) is 28.1 Å². The molecule has 0 N–H and O–H groups in total. The zero-order valence-electron chi connectivity index (χ0n) is 36.7. The second-order valence-corrected chi connectivity index (χ2v) is 17.3. The molecule has 3 nitrogen and oxygen atoms in total. The third-order valence-electron chi connectivity index (χ3n) is 13.5. The first-order valence-corrected chi connectivity index (χ1v) is 23.0. The third kappa shape index (κ3) is 6.51. The van der Waals surface area contributed by atoms with E-state index < -0.39 is 0 Å². The van der Waals surface area contributed by atoms with Crippen LogP contribution in [0.15, 0.2) is 261 Å². The van der Waals surface area contributed by atoms with Crippen molar-refractivity contribution in [1.29, 1.82) is 0 Å². The predicted molar refractivity (Wildman–Crippen MR) is 286 cm³/mol. The van der Waals surface area contributed by atoms with E-state index in [9.17, 15) is 0 Å². The molecule has 0 aliphatic rings. The van der Waals surface area contributed by atoms with Gasteiger partial charge < -0.3 is 14.4 Å². The van der Waals surface area contributed by atoms with Crippen molar-refractivity contribution in [3.63, 3.8) is 0 Å². The molecule has 13 aromatic rings. The molecule has 12 aromatic carbocycles. The maximum absolute atomic E-state index is 2.47. The monoisotopic (exact) mass is 853 g/mol. The number of fused-ring (bicyclic) bond motifs is 7. The molecule has 0 spiro atoms. The molecule has 0 amide bonds. The number of rotatable bonds is 8. The molecule has 0 fully saturated rings. The van der Waals surface area contributed by atoms with Crippen LogP contribution in [0.4, 0.5) is 34.1 Å². The van der Waals surface area contributed by atoms with Crippen molar-refractivity contribution >= 4 is 99.0 Å². The fourth-order valence-corrected chi connectivity index (χ4v) is 10.4. The van der Waals surface area contributed by atoms with Crippen LogP contribution in [0.1, 0.15) is 0 Å². The van der Waals surface area contributed by atoms with E-state index in [0.29, 0.717) is 0 Å². The van der Waals surface area contributed by atoms with E-state index in [1.807, 2.05) is 0 Å². The van der Waals surface area contributed by atoms with Gasteiger partial charge in [0.2, 0.25) is 0 Å². The number of aromatic nitrogens is 1. The molecule has 1 aromatic heterocycles. The van der Waals surface area contributed by atoms with Crippen LogP contribution in [0.5, 0.6) is 0 Å². The van der Waals surface area contributed by atoms with E-state index in [-0.39, 0.29) is 0 Å². The van der Waals surface area contributed by atoms with Gasteiger partial charge in [-0.2, -0.15) is 0 Å². The van der Waals surface area contributed by atoms with E-state index in [1.54, 1.807) is 0 Å². The Balaban J connectivity index is 0.970. The van der Waals surface area contributed by atoms with Crippen molar-refractivity contribution in [2.75, 3.05) is 9.80 Å². The number of hydrogen-bond donors (Lipinski definition) is 0. The summed E-state index contributed by atoms with van der Waals surface area (Å²) >= 11 is 0. The molecule has 67 heavy (non-hydrogen) atoms. The molecule has 0 aliphatic carbocycles. The zero-order valence-corrected chi connectivity index (χ0v) is 36.7. The number of benzene rings is 12. The molecule has 0 aliphatic heterocycles. The van der Waals surface area contributed by atoms with Gasteiger partial charge in [-0.05, 0) is 117 Å². The van der Waals surface area contributed by atoms with Crippen molar-refractivity contribution in [3.05, 3.63) is 261 Å². The van der Waals surface area contributed by atoms with E-state index >= 15 is 0 Å². The van der Waals surface area contributed by atoms with E-state index in [1.165, 1.54) is 70.5 Å². The standard InChI is InChI=1S/C64H43N3/c1-2-22-49(23-3-1)66-62-29-13-12-28-58(62)59-43-52(38-40-64(59)66)67(61-31-15-21-46-18-7-9-25-55(46)61)63-41-39-53(56-26-10-11-27-57(56)63)47-33-35-50(36-34-47)65(51-37-32-44-16-4-5-19-48(44)42-51)60-30-14-20-45-17-6-8-24-54(45)60/h1-43H. The lowest BCUT2D eigenvalue weighted by molar-refractivity contribution is 1.18. The van der Waals surface area contributed by atoms with Gasteiger partial charge in [0, 0.05) is 49.7 Å². The van der Waals surface area contributed by atoms with Gasteiger partial charge in [-0.15, -0.1) is 0 Å². The number of hydrogen-bond acceptors (Lipinski definition) is 2. The lowest BCUT2D eigenvalue weighted by atomic mass is 9.95. The van der Waals surface area contributed by atoms with Crippen molar-refractivity contribution in [2.45, 2.75) is 0 Å². The van der Waals surface area contributed by atoms with Gasteiger partial charge in [0.25, 0.3) is 0 Å². The average Bonchev–Trinajstić information content (AvgIpc) is 3.73. The molecule has 0 saturated carbocycles. The first-order chi connectivity index (χ1) is 33.2. The summed E-state index contributed by atoms with van der Waals surface area (Å²) in [6.45, 7) is 0. The van der Waals surface area contributed by atoms with E-state index in [0.717, 1.165) is 45.4 Å². The summed E-state index contributed by atoms with van der Waals surface area (Å²) in [4.78, 5) is 4.87. The highest BCUT2D eigenvalue weighted by Gasteiger charge is 2.22. The molecular weight excluding hydrogens is 811 g/mol. The maximum atomic E-state index is 2.47. The SMILES string of the molecule is c1ccc(-n2c3ccccc3c3cc(N(c4cccc5ccccc45)c4ccc(-c5ccc(N(c6ccc7ccccc7c6)c6cccc7ccccc67)cc5)c5ccccc45)ccc32)cc1. The van der Waals surface area contributed by atoms with Gasteiger partial charge >= 0.3 is 0 Å². The molecule has 1 heterocycles. The molecular formula is C64H43N3. The Kier molecular flexibility index (Phi) is 9.17. The van der Waals surface area contributed by atoms with Crippen LogP contribution in [0.25, 0.3) is 81.7 Å². The number of anilines is 6. The number of nitrogens with zero attached hydrogens (tertiary/aromatic N) is 3. The molecule has 314 valence electrons. The summed E-state index contributed by atoms with van der Waals surface area (Å²) in [5.74, 6) is 0. The zero-order chi connectivity index (χ0) is 44.3. The minimum atomic E-state index is 1.10. The first-order valence-electron chi connectivity index (χ1n) is 23.0. The predicted octanol–water partition coefficient (Wildman–Crippen LogP) is 18.0. The van der Waals surface area contributed by atoms with Gasteiger partial charge in [-0.25, -0.2) is 0 Å². The van der Waals surface area contributed by atoms with Crippen LogP contribution in [-0.4, -0.2) is 4.57 Å². The molecule has 0 radical (unpaired) electrons. The second kappa shape index (κ2) is 16.0. The highest BCUT2D eigenvalue weighted by Crippen LogP contribution is 2.47. The van der Waals surface area contributed by atoms with Crippen molar-refractivity contribution in [1.82, 2.24) is 4.57 Å². The molecule has 0 unspecified atom stereocenters. The van der Waals surface area contributed by atoms with Crippen LogP contribution >= 0.6 is 0 Å². The van der Waals surface area contributed by atoms with E-state index in [4.69, 9.17) is 0 Å². The topological polar surface area (TPSA) is 11.4 Å². The summed E-state index contributed by atoms with van der Waals surface area (Å²) < 4.78 is 2.38. The van der Waals surface area contributed by atoms with Crippen molar-refractivity contribution in [2.24, 2.45) is 0 Å². The summed E-state index contributed by atoms with van der Waals surface area (Å²) in [6, 6.07) is 95.1. The Hall–Kier alpha value is -8.92. The number of para-hydroxylation sites is 2. The maximum Gasteiger partial charge on any atom is 0.0542 e. The average molecular weight is 854 g/mol. The molecule has 0 bridgehead atoms. The van der Waals surface area contributed by atoms with Crippen molar-refractivity contribution in [3.8, 4) is 16.8 Å². The molecule has 0 saturated heterocycles. The summed E-state index contributed by atoms with van der Waals surface area (Å²) in [5, 5.41) is 12.1. The van der Waals surface area contributed by atoms with Gasteiger partial charge in [0.15, 0.2) is 0 Å². The lowest BCUT2D eigenvalue weighted by Gasteiger charge is -2.29. The fourth-order valence-electron chi connectivity index (χ4n) is 10.4. The lowest BCUT2D eigenvalue weighted by Crippen LogP contribution is -2.11. The van der Waals surface area contributed by atoms with E-state index in [2.05, 4.69) is 275 Å². The smallest absolute Gasteiger partial charge is 0.0542 e. The summed E-state index contributed by atoms with van der Waals surface area (Å²) in [6.07, 6.45) is 0. The highest BCUT2D eigenvalue weighted by atomic mass is 15.2. The van der Waals surface area contributed by atoms with Crippen LogP contribution in [0.3, 0.4) is 0 Å². The van der Waals surface area contributed by atoms with Crippen LogP contribution in [0.2, 0.25) is 0 Å². The van der Waals surface area contributed by atoms with Crippen LogP contribution in [-0.2, 0) is 0 Å². The third-order valence-corrected chi connectivity index (χ3v) is 13.5. The molecule has 13 rings (SSSR count). The Morgan fingerprint density at radius 3 is 1.49 bits per heavy atom. The van der Waals surface area contributed by atoms with Crippen LogP contribution in [0, 0.1) is 0 Å². The van der Waals surface area contributed by atoms with Gasteiger partial charge in [-0.1, -0.05) is 182 Å². The summed E-state index contributed by atoms with van der Waals surface area (Å²) in [7, 11) is 0. The highest BCUT2D eigenvalue weighted by molar-refractivity contribution is 6.13. The molecule has 3 heteroatoms. The van der Waals surface area contributed by atoms with Crippen molar-refractivity contribution < 1.29 is 0 Å². The quantitative estimate of drug-likeness (QED) is 0.151. The largest absolute Gasteiger partial charge is 0.310 e. The summed E-state index contributed by atoms with van der Waals surface area (Å²) in [5.41, 5.74) is 12.6. The first kappa shape index (κ1) is 38.5. The second-order valence-electron chi connectivity index (χ2n) is 17.3. The Morgan fingerprint density at radius 1 is 0.254 bits per heavy atom. The normalized spacial score (nSPS) is 11.6. The van der Waals surface area contributed by atoms with Gasteiger partial charge in [0.1, 0.15) is 0 Å². The molecule has 0 atom stereocenters.